The van der Waals surface area contributed by atoms with Gasteiger partial charge < -0.3 is 4.74 Å². The molecule has 17 heavy (non-hydrogen) atoms. The Morgan fingerprint density at radius 1 is 1.35 bits per heavy atom. The molecule has 2 rings (SSSR count). The van der Waals surface area contributed by atoms with Gasteiger partial charge in [0.25, 0.3) is 0 Å². The quantitative estimate of drug-likeness (QED) is 0.589. The summed E-state index contributed by atoms with van der Waals surface area (Å²) in [6, 6.07) is 10.5. The Morgan fingerprint density at radius 2 is 2.12 bits per heavy atom. The van der Waals surface area contributed by atoms with Crippen molar-refractivity contribution in [2.45, 2.75) is 25.7 Å². The summed E-state index contributed by atoms with van der Waals surface area (Å²) in [5.41, 5.74) is 2.78. The van der Waals surface area contributed by atoms with Crippen molar-refractivity contribution in [2.24, 2.45) is 5.92 Å². The first-order valence-electron chi connectivity index (χ1n) is 6.09. The molecule has 1 unspecified atom stereocenters. The average Bonchev–Trinajstić information content (AvgIpc) is 2.40. The summed E-state index contributed by atoms with van der Waals surface area (Å²) in [6.07, 6.45) is 5.97. The van der Waals surface area contributed by atoms with Gasteiger partial charge in [-0.3, -0.25) is 4.79 Å². The van der Waals surface area contributed by atoms with Crippen molar-refractivity contribution >= 4 is 5.97 Å². The second-order valence-electron chi connectivity index (χ2n) is 4.52. The van der Waals surface area contributed by atoms with Crippen molar-refractivity contribution < 1.29 is 9.53 Å². The lowest BCUT2D eigenvalue weighted by Gasteiger charge is -2.19. The predicted molar refractivity (Wildman–Crippen MR) is 67.6 cm³/mol. The number of carbonyl (C=O) groups is 1. The van der Waals surface area contributed by atoms with Crippen molar-refractivity contribution in [3.63, 3.8) is 0 Å². The molecule has 1 aromatic carbocycles. The van der Waals surface area contributed by atoms with Gasteiger partial charge in [-0.05, 0) is 31.2 Å². The highest BCUT2D eigenvalue weighted by atomic mass is 16.5. The van der Waals surface area contributed by atoms with Crippen LogP contribution in [0.15, 0.2) is 42.0 Å². The van der Waals surface area contributed by atoms with Crippen LogP contribution < -0.4 is 0 Å². The normalized spacial score (nSPS) is 19.6. The van der Waals surface area contributed by atoms with Crippen LogP contribution in [-0.2, 0) is 16.0 Å². The summed E-state index contributed by atoms with van der Waals surface area (Å²) < 4.78 is 4.78. The zero-order valence-corrected chi connectivity index (χ0v) is 10.2. The highest BCUT2D eigenvalue weighted by molar-refractivity contribution is 5.72. The summed E-state index contributed by atoms with van der Waals surface area (Å²) in [4.78, 5) is 11.4. The van der Waals surface area contributed by atoms with Gasteiger partial charge in [-0.25, -0.2) is 0 Å². The second-order valence-corrected chi connectivity index (χ2v) is 4.52. The minimum atomic E-state index is -0.0694. The highest BCUT2D eigenvalue weighted by Gasteiger charge is 2.21. The third-order valence-electron chi connectivity index (χ3n) is 3.31. The smallest absolute Gasteiger partial charge is 0.308 e. The first-order valence-corrected chi connectivity index (χ1v) is 6.09. The summed E-state index contributed by atoms with van der Waals surface area (Å²) in [7, 11) is 1.46. The van der Waals surface area contributed by atoms with Crippen LogP contribution in [0.4, 0.5) is 0 Å². The fourth-order valence-corrected chi connectivity index (χ4v) is 2.29. The van der Waals surface area contributed by atoms with Gasteiger partial charge in [0.15, 0.2) is 0 Å². The molecule has 2 heteroatoms. The molecule has 0 spiro atoms. The number of carbonyl (C=O) groups excluding carboxylic acids is 1. The zero-order chi connectivity index (χ0) is 12.1. The molecule has 0 aromatic heterocycles. The summed E-state index contributed by atoms with van der Waals surface area (Å²) in [5.74, 6) is -0.000431. The average molecular weight is 230 g/mol. The predicted octanol–water partition coefficient (Wildman–Crippen LogP) is 3.13. The summed E-state index contributed by atoms with van der Waals surface area (Å²) in [5, 5.41) is 0. The minimum absolute atomic E-state index is 0.0690. The fourth-order valence-electron chi connectivity index (χ4n) is 2.29. The first kappa shape index (κ1) is 11.9. The summed E-state index contributed by atoms with van der Waals surface area (Å²) in [6.45, 7) is 0. The molecule has 0 radical (unpaired) electrons. The fraction of sp³-hybridized carbons (Fsp3) is 0.400. The number of hydrogen-bond donors (Lipinski definition) is 0. The minimum Gasteiger partial charge on any atom is -0.469 e. The number of rotatable bonds is 3. The molecular weight excluding hydrogens is 212 g/mol. The van der Waals surface area contributed by atoms with E-state index >= 15 is 0 Å². The SMILES string of the molecule is COC(=O)C1CC=C(Cc2ccccc2)CC1. The molecule has 0 fully saturated rings. The Hall–Kier alpha value is -1.57. The standard InChI is InChI=1S/C15H18O2/c1-17-15(16)14-9-7-13(8-10-14)11-12-5-3-2-4-6-12/h2-7,14H,8-11H2,1H3. The molecule has 1 aromatic rings. The van der Waals surface area contributed by atoms with Crippen molar-refractivity contribution in [3.05, 3.63) is 47.5 Å². The van der Waals surface area contributed by atoms with E-state index in [4.69, 9.17) is 4.74 Å². The van der Waals surface area contributed by atoms with Gasteiger partial charge in [0, 0.05) is 0 Å². The van der Waals surface area contributed by atoms with Gasteiger partial charge in [0.2, 0.25) is 0 Å². The van der Waals surface area contributed by atoms with Crippen molar-refractivity contribution in [1.29, 1.82) is 0 Å². The highest BCUT2D eigenvalue weighted by Crippen LogP contribution is 2.26. The molecule has 1 atom stereocenters. The van der Waals surface area contributed by atoms with Crippen LogP contribution in [-0.4, -0.2) is 13.1 Å². The van der Waals surface area contributed by atoms with Gasteiger partial charge in [-0.15, -0.1) is 0 Å². The Labute approximate surface area is 102 Å². The van der Waals surface area contributed by atoms with E-state index in [1.165, 1.54) is 18.2 Å². The van der Waals surface area contributed by atoms with E-state index in [9.17, 15) is 4.79 Å². The van der Waals surface area contributed by atoms with Crippen LogP contribution in [0.1, 0.15) is 24.8 Å². The first-order chi connectivity index (χ1) is 8.29. The lowest BCUT2D eigenvalue weighted by atomic mass is 9.87. The van der Waals surface area contributed by atoms with Crippen LogP contribution in [0, 0.1) is 5.92 Å². The zero-order valence-electron chi connectivity index (χ0n) is 10.2. The number of benzene rings is 1. The van der Waals surface area contributed by atoms with E-state index in [-0.39, 0.29) is 11.9 Å². The summed E-state index contributed by atoms with van der Waals surface area (Å²) >= 11 is 0. The molecule has 0 saturated carbocycles. The van der Waals surface area contributed by atoms with Crippen LogP contribution >= 0.6 is 0 Å². The van der Waals surface area contributed by atoms with Crippen molar-refractivity contribution in [3.8, 4) is 0 Å². The molecule has 0 aliphatic heterocycles. The van der Waals surface area contributed by atoms with Crippen LogP contribution in [0.2, 0.25) is 0 Å². The molecular formula is C15H18O2. The third kappa shape index (κ3) is 3.19. The maximum atomic E-state index is 11.4. The molecule has 2 nitrogen and oxygen atoms in total. The third-order valence-corrected chi connectivity index (χ3v) is 3.31. The number of esters is 1. The van der Waals surface area contributed by atoms with Gasteiger partial charge >= 0.3 is 5.97 Å². The molecule has 0 heterocycles. The lowest BCUT2D eigenvalue weighted by Crippen LogP contribution is -2.18. The van der Waals surface area contributed by atoms with Gasteiger partial charge in [-0.1, -0.05) is 42.0 Å². The van der Waals surface area contributed by atoms with Gasteiger partial charge in [-0.2, -0.15) is 0 Å². The number of methoxy groups -OCH3 is 1. The maximum Gasteiger partial charge on any atom is 0.308 e. The molecule has 1 aliphatic carbocycles. The van der Waals surface area contributed by atoms with Crippen LogP contribution in [0.5, 0.6) is 0 Å². The van der Waals surface area contributed by atoms with E-state index in [0.29, 0.717) is 0 Å². The molecule has 90 valence electrons. The van der Waals surface area contributed by atoms with E-state index in [1.54, 1.807) is 0 Å². The second kappa shape index (κ2) is 5.67. The number of allylic oxidation sites excluding steroid dienone is 2. The molecule has 0 saturated heterocycles. The Kier molecular flexibility index (Phi) is 3.97. The lowest BCUT2D eigenvalue weighted by molar-refractivity contribution is -0.145. The Bertz CT molecular complexity index is 406. The van der Waals surface area contributed by atoms with E-state index in [1.807, 2.05) is 6.07 Å². The number of hydrogen-bond acceptors (Lipinski definition) is 2. The molecule has 0 N–H and O–H groups in total. The Balaban J connectivity index is 1.93. The monoisotopic (exact) mass is 230 g/mol. The van der Waals surface area contributed by atoms with E-state index in [0.717, 1.165) is 25.7 Å². The van der Waals surface area contributed by atoms with E-state index in [2.05, 4.69) is 30.3 Å². The van der Waals surface area contributed by atoms with Crippen molar-refractivity contribution in [1.82, 2.24) is 0 Å². The largest absolute Gasteiger partial charge is 0.469 e. The Morgan fingerprint density at radius 3 is 2.71 bits per heavy atom. The molecule has 0 amide bonds. The van der Waals surface area contributed by atoms with E-state index < -0.39 is 0 Å². The van der Waals surface area contributed by atoms with Crippen LogP contribution in [0.25, 0.3) is 0 Å². The van der Waals surface area contributed by atoms with Crippen LogP contribution in [0.3, 0.4) is 0 Å². The van der Waals surface area contributed by atoms with Gasteiger partial charge in [0.1, 0.15) is 0 Å². The molecule has 1 aliphatic rings. The molecule has 0 bridgehead atoms. The van der Waals surface area contributed by atoms with Gasteiger partial charge in [0.05, 0.1) is 13.0 Å². The topological polar surface area (TPSA) is 26.3 Å². The van der Waals surface area contributed by atoms with Crippen molar-refractivity contribution in [2.75, 3.05) is 7.11 Å². The number of ether oxygens (including phenoxy) is 1. The maximum absolute atomic E-state index is 11.4.